The molecule has 0 aromatic rings. The van der Waals surface area contributed by atoms with Gasteiger partial charge in [-0.05, 0) is 97.7 Å². The molecular weight excluding hydrogens is 798 g/mol. The fourth-order valence-electron chi connectivity index (χ4n) is 12.4. The number of hydrogen-bond acceptors (Lipinski definition) is 7. The van der Waals surface area contributed by atoms with Crippen LogP contribution in [0.2, 0.25) is 0 Å². The maximum atomic E-state index is 13.2. The SMILES string of the molecule is CCCCCCCCCCCCCCCCOC(COC(=O)O[C@H]1CC[C@@]2(C)C(=CC[C@H]3[C@@H]4CC[C@H]([C@H](C)CCCC(C)C)[C@@]4(C)CC[C@@H]32)C1)COP(=O)(O)OCC[N+](C)(C)C. The Balaban J connectivity index is 1.21. The summed E-state index contributed by atoms with van der Waals surface area (Å²) >= 11 is 0. The van der Waals surface area contributed by atoms with Gasteiger partial charge < -0.3 is 23.6 Å². The van der Waals surface area contributed by atoms with Gasteiger partial charge in [0.1, 0.15) is 32.0 Å². The van der Waals surface area contributed by atoms with Crippen LogP contribution < -0.4 is 0 Å². The average molecular weight is 895 g/mol. The topological polar surface area (TPSA) is 101 Å². The number of phosphoric ester groups is 1. The molecule has 362 valence electrons. The summed E-state index contributed by atoms with van der Waals surface area (Å²) in [5.41, 5.74) is 2.12. The van der Waals surface area contributed by atoms with Crippen LogP contribution in [0.25, 0.3) is 0 Å². The summed E-state index contributed by atoms with van der Waals surface area (Å²) in [5.74, 6) is 4.76. The molecule has 4 aliphatic carbocycles. The minimum Gasteiger partial charge on any atom is -0.431 e. The maximum absolute atomic E-state index is 13.2. The van der Waals surface area contributed by atoms with E-state index in [1.165, 1.54) is 121 Å². The van der Waals surface area contributed by atoms with Crippen LogP contribution in [-0.4, -0.2) is 81.9 Å². The van der Waals surface area contributed by atoms with E-state index in [9.17, 15) is 14.3 Å². The predicted octanol–water partition coefficient (Wildman–Crippen LogP) is 14.3. The maximum Gasteiger partial charge on any atom is 0.508 e. The lowest BCUT2D eigenvalue weighted by Crippen LogP contribution is -2.51. The molecule has 3 saturated carbocycles. The van der Waals surface area contributed by atoms with E-state index in [2.05, 4.69) is 47.6 Å². The Bertz CT molecular complexity index is 1370. The molecule has 62 heavy (non-hydrogen) atoms. The molecule has 10 atom stereocenters. The number of carbonyl (C=O) groups excluding carboxylic acids is 1. The number of hydrogen-bond donors (Lipinski definition) is 1. The molecule has 0 amide bonds. The first-order valence-corrected chi connectivity index (χ1v) is 27.5. The second kappa shape index (κ2) is 26.4. The molecular formula is C52H97NO8P+. The highest BCUT2D eigenvalue weighted by atomic mass is 31.2. The summed E-state index contributed by atoms with van der Waals surface area (Å²) in [6.45, 7) is 15.5. The normalized spacial score (nSPS) is 29.3. The highest BCUT2D eigenvalue weighted by Crippen LogP contribution is 2.67. The molecule has 4 aliphatic rings. The van der Waals surface area contributed by atoms with Gasteiger partial charge in [0, 0.05) is 13.0 Å². The summed E-state index contributed by atoms with van der Waals surface area (Å²) < 4.78 is 41.6. The van der Waals surface area contributed by atoms with Crippen LogP contribution in [0.15, 0.2) is 11.6 Å². The Morgan fingerprint density at radius 3 is 2.06 bits per heavy atom. The third-order valence-corrected chi connectivity index (χ3v) is 17.2. The zero-order chi connectivity index (χ0) is 45.2. The molecule has 2 unspecified atom stereocenters. The van der Waals surface area contributed by atoms with Gasteiger partial charge in [-0.25, -0.2) is 9.36 Å². The zero-order valence-electron chi connectivity index (χ0n) is 41.6. The van der Waals surface area contributed by atoms with Gasteiger partial charge in [0.05, 0.1) is 27.7 Å². The van der Waals surface area contributed by atoms with E-state index in [0.29, 0.717) is 29.0 Å². The number of nitrogens with zero attached hydrogens (tertiary/aromatic N) is 1. The Hall–Kier alpha value is -0.960. The van der Waals surface area contributed by atoms with Crippen LogP contribution in [0.5, 0.6) is 0 Å². The predicted molar refractivity (Wildman–Crippen MR) is 254 cm³/mol. The van der Waals surface area contributed by atoms with Crippen LogP contribution in [0.3, 0.4) is 0 Å². The van der Waals surface area contributed by atoms with Gasteiger partial charge in [0.2, 0.25) is 0 Å². The molecule has 10 heteroatoms. The third kappa shape index (κ3) is 17.4. The van der Waals surface area contributed by atoms with Crippen LogP contribution in [-0.2, 0) is 27.8 Å². The number of carbonyl (C=O) groups is 1. The molecule has 0 heterocycles. The third-order valence-electron chi connectivity index (χ3n) is 16.2. The first-order chi connectivity index (χ1) is 29.5. The molecule has 3 fully saturated rings. The van der Waals surface area contributed by atoms with Crippen molar-refractivity contribution in [1.82, 2.24) is 0 Å². The van der Waals surface area contributed by atoms with E-state index >= 15 is 0 Å². The monoisotopic (exact) mass is 895 g/mol. The van der Waals surface area contributed by atoms with Crippen LogP contribution in [0.1, 0.15) is 202 Å². The van der Waals surface area contributed by atoms with Crippen LogP contribution >= 0.6 is 7.82 Å². The fraction of sp³-hybridized carbons (Fsp3) is 0.942. The minimum absolute atomic E-state index is 0.0847. The number of likely N-dealkylation sites (N-methyl/N-ethyl adjacent to an activating group) is 1. The number of ether oxygens (including phenoxy) is 3. The highest BCUT2D eigenvalue weighted by molar-refractivity contribution is 7.47. The summed E-state index contributed by atoms with van der Waals surface area (Å²) in [6, 6.07) is 0. The van der Waals surface area contributed by atoms with Crippen molar-refractivity contribution in [2.45, 2.75) is 214 Å². The average Bonchev–Trinajstić information content (AvgIpc) is 3.56. The summed E-state index contributed by atoms with van der Waals surface area (Å²) in [5, 5.41) is 0. The molecule has 9 nitrogen and oxygen atoms in total. The Labute approximate surface area is 381 Å². The first-order valence-electron chi connectivity index (χ1n) is 26.0. The summed E-state index contributed by atoms with van der Waals surface area (Å²) in [7, 11) is 1.66. The Morgan fingerprint density at radius 1 is 0.790 bits per heavy atom. The van der Waals surface area contributed by atoms with Gasteiger partial charge in [-0.2, -0.15) is 0 Å². The van der Waals surface area contributed by atoms with Crippen molar-refractivity contribution in [3.8, 4) is 0 Å². The number of quaternary nitrogens is 1. The second-order valence-corrected chi connectivity index (χ2v) is 24.0. The number of unbranched alkanes of at least 4 members (excludes halogenated alkanes) is 13. The molecule has 0 spiro atoms. The molecule has 0 saturated heterocycles. The van der Waals surface area contributed by atoms with Crippen molar-refractivity contribution in [2.24, 2.45) is 46.3 Å². The van der Waals surface area contributed by atoms with Crippen molar-refractivity contribution < 1.29 is 42.0 Å². The van der Waals surface area contributed by atoms with E-state index in [1.54, 1.807) is 0 Å². The van der Waals surface area contributed by atoms with Gasteiger partial charge in [-0.3, -0.25) is 9.05 Å². The zero-order valence-corrected chi connectivity index (χ0v) is 42.5. The van der Waals surface area contributed by atoms with Gasteiger partial charge in [-0.15, -0.1) is 0 Å². The highest BCUT2D eigenvalue weighted by Gasteiger charge is 2.59. The smallest absolute Gasteiger partial charge is 0.431 e. The van der Waals surface area contributed by atoms with E-state index < -0.39 is 20.1 Å². The summed E-state index contributed by atoms with van der Waals surface area (Å²) in [4.78, 5) is 23.6. The Morgan fingerprint density at radius 2 is 1.44 bits per heavy atom. The molecule has 4 rings (SSSR count). The van der Waals surface area contributed by atoms with E-state index in [-0.39, 0.29) is 31.3 Å². The van der Waals surface area contributed by atoms with Crippen molar-refractivity contribution in [2.75, 3.05) is 54.1 Å². The van der Waals surface area contributed by atoms with Crippen molar-refractivity contribution in [3.63, 3.8) is 0 Å². The molecule has 0 bridgehead atoms. The number of fused-ring (bicyclic) bond motifs is 5. The van der Waals surface area contributed by atoms with Crippen molar-refractivity contribution >= 4 is 14.0 Å². The van der Waals surface area contributed by atoms with E-state index in [1.807, 2.05) is 21.1 Å². The fourth-order valence-corrected chi connectivity index (χ4v) is 13.2. The lowest BCUT2D eigenvalue weighted by molar-refractivity contribution is -0.870. The van der Waals surface area contributed by atoms with Crippen molar-refractivity contribution in [1.29, 1.82) is 0 Å². The minimum atomic E-state index is -4.31. The van der Waals surface area contributed by atoms with E-state index in [0.717, 1.165) is 74.5 Å². The lowest BCUT2D eigenvalue weighted by atomic mass is 9.47. The number of allylic oxidation sites excluding steroid dienone is 1. The second-order valence-electron chi connectivity index (χ2n) is 22.5. The lowest BCUT2D eigenvalue weighted by Gasteiger charge is -2.58. The van der Waals surface area contributed by atoms with Gasteiger partial charge in [0.25, 0.3) is 0 Å². The first kappa shape index (κ1) is 53.7. The summed E-state index contributed by atoms with van der Waals surface area (Å²) in [6.07, 6.45) is 32.1. The molecule has 0 aromatic heterocycles. The largest absolute Gasteiger partial charge is 0.508 e. The standard InChI is InChI=1S/C52H96NO8P/c1-10-11-12-13-14-15-16-17-18-19-20-21-22-23-36-57-45(40-60-62(55,56)59-37-35-53(7,8)9)39-58-50(54)61-44-31-33-51(5)43(38-44)27-28-46-48-30-29-47(42(4)26-24-25-41(2)3)52(48,6)34-32-49(46)51/h27,41-42,44-49H,10-26,28-40H2,1-9H3/p+1/t42-,44+,45?,46+,47-,48+,49+,51+,52-/m1/s1. The molecule has 0 radical (unpaired) electrons. The Kier molecular flexibility index (Phi) is 22.8. The quantitative estimate of drug-likeness (QED) is 0.0241. The van der Waals surface area contributed by atoms with Gasteiger partial charge in [-0.1, -0.05) is 156 Å². The van der Waals surface area contributed by atoms with Gasteiger partial charge in [0.15, 0.2) is 0 Å². The van der Waals surface area contributed by atoms with E-state index in [4.69, 9.17) is 23.3 Å². The number of phosphoric acid groups is 1. The molecule has 1 N–H and O–H groups in total. The van der Waals surface area contributed by atoms with Crippen LogP contribution in [0, 0.1) is 46.3 Å². The number of rotatable bonds is 31. The van der Waals surface area contributed by atoms with Gasteiger partial charge >= 0.3 is 14.0 Å². The molecule has 0 aliphatic heterocycles. The van der Waals surface area contributed by atoms with Crippen LogP contribution in [0.4, 0.5) is 4.79 Å². The molecule has 0 aromatic carbocycles. The van der Waals surface area contributed by atoms with Crippen molar-refractivity contribution in [3.05, 3.63) is 11.6 Å².